The molecule has 3 aromatic carbocycles. The fraction of sp³-hybridized carbons (Fsp3) is 0.297. The Hall–Kier alpha value is -4.05. The molecule has 0 aromatic heterocycles. The molecule has 0 aliphatic heterocycles. The lowest BCUT2D eigenvalue weighted by atomic mass is 9.81. The van der Waals surface area contributed by atoms with Crippen molar-refractivity contribution in [3.05, 3.63) is 130 Å². The summed E-state index contributed by atoms with van der Waals surface area (Å²) in [6.45, 7) is 4.10. The molecule has 2 unspecified atom stereocenters. The predicted molar refractivity (Wildman–Crippen MR) is 163 cm³/mol. The van der Waals surface area contributed by atoms with Crippen LogP contribution in [0, 0.1) is 18.7 Å². The van der Waals surface area contributed by atoms with Gasteiger partial charge in [-0.15, -0.1) is 0 Å². The molecule has 0 saturated heterocycles. The number of ketones is 2. The molecule has 0 N–H and O–H groups in total. The van der Waals surface area contributed by atoms with Crippen LogP contribution in [0.3, 0.4) is 0 Å². The zero-order chi connectivity index (χ0) is 28.9. The van der Waals surface area contributed by atoms with Gasteiger partial charge in [-0.3, -0.25) is 9.59 Å². The number of benzene rings is 3. The number of Topliss-reactive ketones (excluding diaryl/α,β-unsaturated/α-hetero) is 2. The monoisotopic (exact) mass is 548 g/mol. The summed E-state index contributed by atoms with van der Waals surface area (Å²) in [5.41, 5.74) is 8.20. The third-order valence-electron chi connectivity index (χ3n) is 8.29. The minimum atomic E-state index is -0.390. The number of ether oxygens (including phenoxy) is 1. The van der Waals surface area contributed by atoms with Crippen molar-refractivity contribution in [3.8, 4) is 5.75 Å². The van der Waals surface area contributed by atoms with Gasteiger partial charge in [0.15, 0.2) is 5.78 Å². The van der Waals surface area contributed by atoms with Gasteiger partial charge in [0.25, 0.3) is 0 Å². The van der Waals surface area contributed by atoms with Gasteiger partial charge in [-0.2, -0.15) is 0 Å². The second-order valence-electron chi connectivity index (χ2n) is 11.3. The van der Waals surface area contributed by atoms with Crippen LogP contribution in [0.25, 0.3) is 5.57 Å². The highest BCUT2D eigenvalue weighted by Gasteiger charge is 2.37. The van der Waals surface area contributed by atoms with E-state index in [2.05, 4.69) is 19.1 Å². The van der Waals surface area contributed by atoms with Crippen LogP contribution in [-0.4, -0.2) is 18.7 Å². The van der Waals surface area contributed by atoms with Gasteiger partial charge in [0.2, 0.25) is 0 Å². The molecule has 0 spiro atoms. The van der Waals surface area contributed by atoms with Crippen LogP contribution < -0.4 is 4.74 Å². The van der Waals surface area contributed by atoms with E-state index in [0.717, 1.165) is 46.4 Å². The van der Waals surface area contributed by atoms with Gasteiger partial charge < -0.3 is 4.74 Å². The largest absolute Gasteiger partial charge is 0.496 e. The van der Waals surface area contributed by atoms with Crippen LogP contribution in [-0.2, 0) is 11.2 Å². The molecule has 0 heterocycles. The quantitative estimate of drug-likeness (QED) is 0.225. The molecule has 0 radical (unpaired) electrons. The Kier molecular flexibility index (Phi) is 8.78. The Labute approximate surface area is 242 Å². The highest BCUT2D eigenvalue weighted by Crippen LogP contribution is 2.47. The normalized spacial score (nSPS) is 18.1. The highest BCUT2D eigenvalue weighted by molar-refractivity contribution is 6.01. The molecule has 2 atom stereocenters. The van der Waals surface area contributed by atoms with Gasteiger partial charge in [-0.1, -0.05) is 83.5 Å². The maximum atomic E-state index is 13.9. The summed E-state index contributed by atoms with van der Waals surface area (Å²) in [7, 11) is 1.66. The second-order valence-corrected chi connectivity index (χ2v) is 11.3. The number of rotatable bonds is 11. The van der Waals surface area contributed by atoms with Crippen molar-refractivity contribution in [1.82, 2.24) is 0 Å². The molecule has 2 aliphatic carbocycles. The number of allylic oxidation sites excluding steroid dienone is 6. The minimum Gasteiger partial charge on any atom is -0.496 e. The molecule has 0 saturated carbocycles. The first kappa shape index (κ1) is 28.5. The first-order valence-corrected chi connectivity index (χ1v) is 14.4. The molecule has 210 valence electrons. The van der Waals surface area contributed by atoms with E-state index in [1.54, 1.807) is 19.2 Å². The van der Waals surface area contributed by atoms with E-state index < -0.39 is 0 Å². The Bertz CT molecular complexity index is 1540. The molecule has 41 heavy (non-hydrogen) atoms. The number of methoxy groups -OCH3 is 1. The maximum Gasteiger partial charge on any atom is 0.170 e. The third-order valence-corrected chi connectivity index (χ3v) is 8.29. The number of hydrogen-bond acceptors (Lipinski definition) is 3. The van der Waals surface area contributed by atoms with E-state index in [0.29, 0.717) is 31.2 Å². The zero-order valence-electron chi connectivity index (χ0n) is 24.1. The standard InChI is InChI=1S/C37H37FO3/c1-24-6-4-8-29(21-24)36(40)35-23-30(27-13-16-31(38)17-14-27)22-34(35)33-9-5-7-28(37(33)41-3)15-19-32(39)18-12-26-11-10-25(2)20-26/h4-9,11,13-14,16-17,20-21,23,34-35H,10,12,15,18-19,22H2,1-3H3. The van der Waals surface area contributed by atoms with Crippen molar-refractivity contribution in [1.29, 1.82) is 0 Å². The van der Waals surface area contributed by atoms with Crippen molar-refractivity contribution in [2.75, 3.05) is 7.11 Å². The molecular formula is C37H37FO3. The van der Waals surface area contributed by atoms with Gasteiger partial charge in [-0.25, -0.2) is 4.39 Å². The third kappa shape index (κ3) is 6.65. The lowest BCUT2D eigenvalue weighted by molar-refractivity contribution is -0.119. The number of halogens is 1. The first-order chi connectivity index (χ1) is 19.8. The summed E-state index contributed by atoms with van der Waals surface area (Å²) in [6, 6.07) is 20.2. The molecule has 0 amide bonds. The van der Waals surface area contributed by atoms with Crippen LogP contribution in [0.1, 0.15) is 77.6 Å². The predicted octanol–water partition coefficient (Wildman–Crippen LogP) is 8.77. The van der Waals surface area contributed by atoms with E-state index in [4.69, 9.17) is 4.74 Å². The number of para-hydroxylation sites is 1. The average molecular weight is 549 g/mol. The van der Waals surface area contributed by atoms with Crippen molar-refractivity contribution >= 4 is 17.1 Å². The average Bonchev–Trinajstić information content (AvgIpc) is 3.61. The summed E-state index contributed by atoms with van der Waals surface area (Å²) < 4.78 is 19.6. The zero-order valence-corrected chi connectivity index (χ0v) is 24.1. The molecule has 3 nitrogen and oxygen atoms in total. The molecule has 4 heteroatoms. The smallest absolute Gasteiger partial charge is 0.170 e. The molecule has 5 rings (SSSR count). The lowest BCUT2D eigenvalue weighted by Gasteiger charge is -2.23. The van der Waals surface area contributed by atoms with Crippen LogP contribution >= 0.6 is 0 Å². The Morgan fingerprint density at radius 2 is 1.71 bits per heavy atom. The van der Waals surface area contributed by atoms with Gasteiger partial charge in [0, 0.05) is 30.2 Å². The SMILES string of the molecule is COc1c(CCC(=O)CCC2=CCC(C)=C2)cccc1C1CC(c2ccc(F)cc2)=CC1C(=O)c1cccc(C)c1. The molecule has 2 aliphatic rings. The maximum absolute atomic E-state index is 13.9. The fourth-order valence-electron chi connectivity index (χ4n) is 6.12. The van der Waals surface area contributed by atoms with Crippen molar-refractivity contribution in [2.24, 2.45) is 5.92 Å². The number of carbonyl (C=O) groups is 2. The van der Waals surface area contributed by atoms with Crippen molar-refractivity contribution in [3.63, 3.8) is 0 Å². The minimum absolute atomic E-state index is 0.0592. The summed E-state index contributed by atoms with van der Waals surface area (Å²) in [6.07, 6.45) is 10.4. The second kappa shape index (κ2) is 12.6. The van der Waals surface area contributed by atoms with Crippen LogP contribution in [0.5, 0.6) is 5.75 Å². The fourth-order valence-corrected chi connectivity index (χ4v) is 6.12. The molecular weight excluding hydrogens is 511 g/mol. The number of carbonyl (C=O) groups excluding carboxylic acids is 2. The Morgan fingerprint density at radius 3 is 2.41 bits per heavy atom. The number of aryl methyl sites for hydroxylation is 2. The molecule has 0 fully saturated rings. The van der Waals surface area contributed by atoms with E-state index >= 15 is 0 Å². The highest BCUT2D eigenvalue weighted by atomic mass is 19.1. The van der Waals surface area contributed by atoms with E-state index in [1.807, 2.05) is 55.5 Å². The number of hydrogen-bond donors (Lipinski definition) is 0. The van der Waals surface area contributed by atoms with Gasteiger partial charge in [-0.05, 0) is 80.0 Å². The van der Waals surface area contributed by atoms with Crippen LogP contribution in [0.2, 0.25) is 0 Å². The van der Waals surface area contributed by atoms with Gasteiger partial charge >= 0.3 is 0 Å². The van der Waals surface area contributed by atoms with Crippen LogP contribution in [0.4, 0.5) is 4.39 Å². The van der Waals surface area contributed by atoms with Crippen LogP contribution in [0.15, 0.2) is 96.1 Å². The van der Waals surface area contributed by atoms with Crippen molar-refractivity contribution in [2.45, 2.75) is 58.3 Å². The topological polar surface area (TPSA) is 43.4 Å². The van der Waals surface area contributed by atoms with Gasteiger partial charge in [0.1, 0.15) is 17.3 Å². The van der Waals surface area contributed by atoms with E-state index in [1.165, 1.54) is 23.3 Å². The lowest BCUT2D eigenvalue weighted by Crippen LogP contribution is -2.19. The van der Waals surface area contributed by atoms with Gasteiger partial charge in [0.05, 0.1) is 7.11 Å². The molecule has 3 aromatic rings. The van der Waals surface area contributed by atoms with Crippen molar-refractivity contribution < 1.29 is 18.7 Å². The van der Waals surface area contributed by atoms with E-state index in [-0.39, 0.29) is 29.2 Å². The van der Waals surface area contributed by atoms with E-state index in [9.17, 15) is 14.0 Å². The summed E-state index contributed by atoms with van der Waals surface area (Å²) >= 11 is 0. The summed E-state index contributed by atoms with van der Waals surface area (Å²) in [5.74, 6) is 0.232. The summed E-state index contributed by atoms with van der Waals surface area (Å²) in [4.78, 5) is 26.7. The first-order valence-electron chi connectivity index (χ1n) is 14.4. The molecule has 0 bridgehead atoms. The Morgan fingerprint density at radius 1 is 0.951 bits per heavy atom. The summed E-state index contributed by atoms with van der Waals surface area (Å²) in [5, 5.41) is 0. The Balaban J connectivity index is 1.40.